The number of anilines is 1. The van der Waals surface area contributed by atoms with Crippen molar-refractivity contribution in [2.24, 2.45) is 0 Å². The first kappa shape index (κ1) is 11.6. The van der Waals surface area contributed by atoms with Gasteiger partial charge in [0.15, 0.2) is 4.77 Å². The molecule has 5 heteroatoms. The molecule has 2 rings (SSSR count). The Hall–Kier alpha value is -0.840. The second-order valence-electron chi connectivity index (χ2n) is 4.56. The summed E-state index contributed by atoms with van der Waals surface area (Å²) in [5, 5.41) is 7.28. The van der Waals surface area contributed by atoms with Crippen molar-refractivity contribution >= 4 is 18.2 Å². The fraction of sp³-hybridized carbons (Fsp3) is 0.818. The Kier molecular flexibility index (Phi) is 3.63. The minimum absolute atomic E-state index is 0.556. The van der Waals surface area contributed by atoms with Crippen molar-refractivity contribution in [3.63, 3.8) is 0 Å². The monoisotopic (exact) mass is 240 g/mol. The molecule has 1 N–H and O–H groups in total. The molecule has 1 heterocycles. The summed E-state index contributed by atoms with van der Waals surface area (Å²) in [4.78, 5) is 2.19. The van der Waals surface area contributed by atoms with Gasteiger partial charge in [-0.2, -0.15) is 0 Å². The fourth-order valence-corrected chi connectivity index (χ4v) is 2.77. The van der Waals surface area contributed by atoms with E-state index in [9.17, 15) is 0 Å². The second-order valence-corrected chi connectivity index (χ2v) is 4.95. The molecule has 0 unspecified atom stereocenters. The lowest BCUT2D eigenvalue weighted by atomic mass is 10.2. The molecule has 0 aromatic carbocycles. The Morgan fingerprint density at radius 1 is 1.50 bits per heavy atom. The van der Waals surface area contributed by atoms with Crippen LogP contribution in [0.3, 0.4) is 0 Å². The van der Waals surface area contributed by atoms with Crippen LogP contribution >= 0.6 is 12.2 Å². The average molecular weight is 240 g/mol. The van der Waals surface area contributed by atoms with Crippen LogP contribution in [-0.4, -0.2) is 28.4 Å². The Morgan fingerprint density at radius 3 is 2.81 bits per heavy atom. The third-order valence-corrected chi connectivity index (χ3v) is 3.56. The second kappa shape index (κ2) is 4.99. The number of H-pyrrole nitrogens is 1. The van der Waals surface area contributed by atoms with Gasteiger partial charge in [0, 0.05) is 19.6 Å². The zero-order valence-corrected chi connectivity index (χ0v) is 10.9. The number of nitrogens with one attached hydrogen (secondary N) is 1. The highest BCUT2D eigenvalue weighted by atomic mass is 32.1. The molecule has 4 nitrogen and oxygen atoms in total. The predicted molar refractivity (Wildman–Crippen MR) is 68.5 cm³/mol. The Morgan fingerprint density at radius 2 is 2.19 bits per heavy atom. The van der Waals surface area contributed by atoms with Crippen LogP contribution in [0.4, 0.5) is 5.95 Å². The lowest BCUT2D eigenvalue weighted by Crippen LogP contribution is -2.23. The van der Waals surface area contributed by atoms with Crippen LogP contribution in [0.2, 0.25) is 0 Å². The molecule has 0 saturated heterocycles. The molecule has 1 aromatic heterocycles. The Labute approximate surface area is 102 Å². The summed E-state index contributed by atoms with van der Waals surface area (Å²) in [7, 11) is 2.08. The van der Waals surface area contributed by atoms with Crippen molar-refractivity contribution < 1.29 is 0 Å². The first-order chi connectivity index (χ1) is 7.74. The number of rotatable bonds is 4. The Balaban J connectivity index is 2.27. The van der Waals surface area contributed by atoms with Crippen molar-refractivity contribution in [1.29, 1.82) is 0 Å². The summed E-state index contributed by atoms with van der Waals surface area (Å²) >= 11 is 5.33. The van der Waals surface area contributed by atoms with Crippen molar-refractivity contribution in [3.8, 4) is 0 Å². The van der Waals surface area contributed by atoms with E-state index in [4.69, 9.17) is 12.2 Å². The van der Waals surface area contributed by atoms with E-state index in [1.165, 1.54) is 25.7 Å². The third kappa shape index (κ3) is 2.14. The summed E-state index contributed by atoms with van der Waals surface area (Å²) in [5.41, 5.74) is 0. The largest absolute Gasteiger partial charge is 0.344 e. The predicted octanol–water partition coefficient (Wildman–Crippen LogP) is 2.90. The van der Waals surface area contributed by atoms with Gasteiger partial charge in [-0.1, -0.05) is 19.8 Å². The first-order valence-corrected chi connectivity index (χ1v) is 6.53. The van der Waals surface area contributed by atoms with Gasteiger partial charge >= 0.3 is 0 Å². The van der Waals surface area contributed by atoms with Crippen LogP contribution in [0.1, 0.15) is 45.1 Å². The van der Waals surface area contributed by atoms with E-state index in [1.807, 2.05) is 0 Å². The van der Waals surface area contributed by atoms with E-state index in [1.54, 1.807) is 0 Å². The molecule has 0 radical (unpaired) electrons. The number of aromatic amines is 1. The molecule has 0 atom stereocenters. The smallest absolute Gasteiger partial charge is 0.225 e. The molecule has 1 aromatic rings. The molecule has 0 bridgehead atoms. The van der Waals surface area contributed by atoms with Gasteiger partial charge in [-0.05, 0) is 31.5 Å². The van der Waals surface area contributed by atoms with Crippen LogP contribution in [0.25, 0.3) is 0 Å². The molecule has 90 valence electrons. The zero-order valence-electron chi connectivity index (χ0n) is 10.1. The Bertz CT molecular complexity index is 389. The normalized spacial score (nSPS) is 16.9. The molecule has 0 spiro atoms. The van der Waals surface area contributed by atoms with Gasteiger partial charge in [-0.3, -0.25) is 4.57 Å². The maximum atomic E-state index is 5.33. The van der Waals surface area contributed by atoms with E-state index in [-0.39, 0.29) is 0 Å². The number of hydrogen-bond acceptors (Lipinski definition) is 3. The molecule has 0 aliphatic heterocycles. The maximum Gasteiger partial charge on any atom is 0.225 e. The summed E-state index contributed by atoms with van der Waals surface area (Å²) in [6.07, 6.45) is 6.23. The van der Waals surface area contributed by atoms with Crippen LogP contribution in [0, 0.1) is 4.77 Å². The SMILES string of the molecule is CCCN(C)c1n[nH]c(=S)n1C1CCCC1. The van der Waals surface area contributed by atoms with Gasteiger partial charge in [0.2, 0.25) is 5.95 Å². The summed E-state index contributed by atoms with van der Waals surface area (Å²) in [5.74, 6) is 0.999. The molecular formula is C11H20N4S. The molecule has 1 aliphatic carbocycles. The lowest BCUT2D eigenvalue weighted by molar-refractivity contribution is 0.509. The highest BCUT2D eigenvalue weighted by molar-refractivity contribution is 7.71. The standard InChI is InChI=1S/C11H20N4S/c1-3-8-14(2)10-12-13-11(16)15(10)9-6-4-5-7-9/h9H,3-8H2,1-2H3,(H,13,16). The number of nitrogens with zero attached hydrogens (tertiary/aromatic N) is 3. The molecular weight excluding hydrogens is 220 g/mol. The summed E-state index contributed by atoms with van der Waals surface area (Å²) < 4.78 is 2.97. The average Bonchev–Trinajstić information content (AvgIpc) is 2.86. The van der Waals surface area contributed by atoms with Gasteiger partial charge in [0.05, 0.1) is 0 Å². The van der Waals surface area contributed by atoms with E-state index in [2.05, 4.69) is 33.6 Å². The van der Waals surface area contributed by atoms with Crippen molar-refractivity contribution in [2.75, 3.05) is 18.5 Å². The molecule has 0 amide bonds. The molecule has 1 fully saturated rings. The summed E-state index contributed by atoms with van der Waals surface area (Å²) in [6.45, 7) is 3.20. The third-order valence-electron chi connectivity index (χ3n) is 3.28. The topological polar surface area (TPSA) is 36.9 Å². The van der Waals surface area contributed by atoms with E-state index < -0.39 is 0 Å². The van der Waals surface area contributed by atoms with E-state index >= 15 is 0 Å². The molecule has 1 saturated carbocycles. The minimum atomic E-state index is 0.556. The fourth-order valence-electron chi connectivity index (χ4n) is 2.49. The molecule has 16 heavy (non-hydrogen) atoms. The van der Waals surface area contributed by atoms with Crippen LogP contribution < -0.4 is 4.90 Å². The van der Waals surface area contributed by atoms with Crippen molar-refractivity contribution in [3.05, 3.63) is 4.77 Å². The molecule has 1 aliphatic rings. The van der Waals surface area contributed by atoms with Crippen LogP contribution in [0.15, 0.2) is 0 Å². The van der Waals surface area contributed by atoms with Gasteiger partial charge in [-0.15, -0.1) is 5.10 Å². The van der Waals surface area contributed by atoms with Crippen molar-refractivity contribution in [2.45, 2.75) is 45.1 Å². The highest BCUT2D eigenvalue weighted by Gasteiger charge is 2.22. The van der Waals surface area contributed by atoms with Crippen LogP contribution in [-0.2, 0) is 0 Å². The van der Waals surface area contributed by atoms with E-state index in [0.717, 1.165) is 23.7 Å². The van der Waals surface area contributed by atoms with Crippen molar-refractivity contribution in [1.82, 2.24) is 14.8 Å². The highest BCUT2D eigenvalue weighted by Crippen LogP contribution is 2.32. The van der Waals surface area contributed by atoms with E-state index in [0.29, 0.717) is 6.04 Å². The quantitative estimate of drug-likeness (QED) is 0.822. The first-order valence-electron chi connectivity index (χ1n) is 6.12. The zero-order chi connectivity index (χ0) is 11.5. The van der Waals surface area contributed by atoms with Crippen LogP contribution in [0.5, 0.6) is 0 Å². The van der Waals surface area contributed by atoms with Gasteiger partial charge in [-0.25, -0.2) is 5.10 Å². The minimum Gasteiger partial charge on any atom is -0.344 e. The van der Waals surface area contributed by atoms with Gasteiger partial charge in [0.1, 0.15) is 0 Å². The number of hydrogen-bond donors (Lipinski definition) is 1. The number of aromatic nitrogens is 3. The van der Waals surface area contributed by atoms with Gasteiger partial charge < -0.3 is 4.90 Å². The lowest BCUT2D eigenvalue weighted by Gasteiger charge is -2.21. The van der Waals surface area contributed by atoms with Gasteiger partial charge in [0.25, 0.3) is 0 Å². The maximum absolute atomic E-state index is 5.33. The summed E-state index contributed by atoms with van der Waals surface area (Å²) in [6, 6.07) is 0.556.